The van der Waals surface area contributed by atoms with Crippen LogP contribution in [-0.2, 0) is 9.53 Å². The van der Waals surface area contributed by atoms with Crippen molar-refractivity contribution in [3.63, 3.8) is 0 Å². The minimum atomic E-state index is -0.625. The molecule has 0 bridgehead atoms. The molecule has 0 radical (unpaired) electrons. The lowest BCUT2D eigenvalue weighted by molar-refractivity contribution is -0.142. The van der Waals surface area contributed by atoms with Gasteiger partial charge in [-0.25, -0.2) is 14.4 Å². The molecule has 4 aromatic rings. The van der Waals surface area contributed by atoms with Gasteiger partial charge in [-0.2, -0.15) is 0 Å². The number of para-hydroxylation sites is 1. The van der Waals surface area contributed by atoms with Gasteiger partial charge in [0, 0.05) is 28.5 Å². The molecule has 28 heavy (non-hydrogen) atoms. The molecule has 2 aromatic carbocycles. The smallest absolute Gasteiger partial charge is 0.344 e. The molecule has 0 amide bonds. The van der Waals surface area contributed by atoms with E-state index in [1.165, 1.54) is 19.2 Å². The molecule has 0 saturated heterocycles. The Morgan fingerprint density at radius 3 is 2.57 bits per heavy atom. The highest BCUT2D eigenvalue weighted by atomic mass is 16.6. The van der Waals surface area contributed by atoms with Crippen LogP contribution in [0, 0.1) is 0 Å². The Hall–Kier alpha value is -3.87. The van der Waals surface area contributed by atoms with Gasteiger partial charge in [0.25, 0.3) is 0 Å². The SMILES string of the molecule is COC(=O)COc1ccc2c(-c3cc4ccccc4oc3=O)cc(=O)oc2c1. The van der Waals surface area contributed by atoms with Crippen molar-refractivity contribution in [1.82, 2.24) is 0 Å². The Morgan fingerprint density at radius 1 is 0.929 bits per heavy atom. The fraction of sp³-hybridized carbons (Fsp3) is 0.0952. The fourth-order valence-corrected chi connectivity index (χ4v) is 2.91. The molecule has 0 fully saturated rings. The van der Waals surface area contributed by atoms with Gasteiger partial charge in [-0.3, -0.25) is 0 Å². The van der Waals surface area contributed by atoms with Gasteiger partial charge in [0.05, 0.1) is 12.7 Å². The van der Waals surface area contributed by atoms with E-state index in [9.17, 15) is 14.4 Å². The third-order valence-electron chi connectivity index (χ3n) is 4.23. The maximum atomic E-state index is 12.5. The van der Waals surface area contributed by atoms with Gasteiger partial charge in [-0.05, 0) is 24.3 Å². The summed E-state index contributed by atoms with van der Waals surface area (Å²) in [6, 6.07) is 14.8. The summed E-state index contributed by atoms with van der Waals surface area (Å²) in [5.74, 6) is -0.215. The number of methoxy groups -OCH3 is 1. The van der Waals surface area contributed by atoms with Crippen LogP contribution in [0.25, 0.3) is 33.1 Å². The third-order valence-corrected chi connectivity index (χ3v) is 4.23. The van der Waals surface area contributed by atoms with Crippen molar-refractivity contribution in [3.05, 3.63) is 75.4 Å². The predicted octanol–water partition coefficient (Wildman–Crippen LogP) is 3.12. The van der Waals surface area contributed by atoms with E-state index in [0.29, 0.717) is 22.3 Å². The maximum Gasteiger partial charge on any atom is 0.344 e. The van der Waals surface area contributed by atoms with Crippen LogP contribution in [0.4, 0.5) is 0 Å². The maximum absolute atomic E-state index is 12.5. The largest absolute Gasteiger partial charge is 0.482 e. The lowest BCUT2D eigenvalue weighted by Gasteiger charge is -2.08. The minimum absolute atomic E-state index is 0.220. The van der Waals surface area contributed by atoms with Crippen LogP contribution in [0.2, 0.25) is 0 Å². The van der Waals surface area contributed by atoms with Crippen molar-refractivity contribution in [2.45, 2.75) is 0 Å². The van der Waals surface area contributed by atoms with Crippen LogP contribution < -0.4 is 16.0 Å². The highest BCUT2D eigenvalue weighted by molar-refractivity contribution is 5.95. The highest BCUT2D eigenvalue weighted by Gasteiger charge is 2.14. The molecule has 7 heteroatoms. The fourth-order valence-electron chi connectivity index (χ4n) is 2.91. The molecule has 0 aliphatic heterocycles. The Kier molecular flexibility index (Phi) is 4.41. The number of fused-ring (bicyclic) bond motifs is 2. The van der Waals surface area contributed by atoms with Crippen molar-refractivity contribution in [3.8, 4) is 16.9 Å². The second-order valence-electron chi connectivity index (χ2n) is 5.99. The van der Waals surface area contributed by atoms with Gasteiger partial charge in [0.1, 0.15) is 16.9 Å². The minimum Gasteiger partial charge on any atom is -0.482 e. The molecular formula is C21H14O7. The highest BCUT2D eigenvalue weighted by Crippen LogP contribution is 2.29. The van der Waals surface area contributed by atoms with E-state index in [1.807, 2.05) is 12.1 Å². The van der Waals surface area contributed by atoms with Crippen LogP contribution in [0.1, 0.15) is 0 Å². The summed E-state index contributed by atoms with van der Waals surface area (Å²) in [4.78, 5) is 35.8. The monoisotopic (exact) mass is 378 g/mol. The standard InChI is InChI=1S/C21H14O7/c1-25-20(23)11-26-13-6-7-14-15(10-19(22)27-18(14)9-13)16-8-12-4-2-3-5-17(12)28-21(16)24/h2-10H,11H2,1H3. The van der Waals surface area contributed by atoms with E-state index in [1.54, 1.807) is 30.3 Å². The van der Waals surface area contributed by atoms with Crippen LogP contribution >= 0.6 is 0 Å². The Balaban J connectivity index is 1.86. The van der Waals surface area contributed by atoms with Crippen molar-refractivity contribution < 1.29 is 23.1 Å². The van der Waals surface area contributed by atoms with Crippen LogP contribution in [0.15, 0.2) is 73.0 Å². The first-order chi connectivity index (χ1) is 13.5. The number of hydrogen-bond acceptors (Lipinski definition) is 7. The number of ether oxygens (including phenoxy) is 2. The van der Waals surface area contributed by atoms with Crippen molar-refractivity contribution in [2.75, 3.05) is 13.7 Å². The molecule has 0 aliphatic carbocycles. The Bertz CT molecular complexity index is 1310. The van der Waals surface area contributed by atoms with Crippen LogP contribution in [-0.4, -0.2) is 19.7 Å². The average Bonchev–Trinajstić information content (AvgIpc) is 2.70. The molecule has 0 saturated carbocycles. The number of esters is 1. The Labute approximate surface area is 157 Å². The second-order valence-corrected chi connectivity index (χ2v) is 5.99. The quantitative estimate of drug-likeness (QED) is 0.398. The summed E-state index contributed by atoms with van der Waals surface area (Å²) < 4.78 is 20.5. The average molecular weight is 378 g/mol. The van der Waals surface area contributed by atoms with Crippen molar-refractivity contribution >= 4 is 27.9 Å². The summed E-state index contributed by atoms with van der Waals surface area (Å²) in [5.41, 5.74) is 0.140. The summed E-state index contributed by atoms with van der Waals surface area (Å²) >= 11 is 0. The van der Waals surface area contributed by atoms with Crippen molar-refractivity contribution in [2.24, 2.45) is 0 Å². The van der Waals surface area contributed by atoms with E-state index in [0.717, 1.165) is 5.39 Å². The predicted molar refractivity (Wildman–Crippen MR) is 101 cm³/mol. The third kappa shape index (κ3) is 3.25. The van der Waals surface area contributed by atoms with E-state index < -0.39 is 17.2 Å². The first-order valence-electron chi connectivity index (χ1n) is 8.36. The first kappa shape index (κ1) is 17.5. The second kappa shape index (κ2) is 7.03. The summed E-state index contributed by atoms with van der Waals surface area (Å²) in [6.45, 7) is -0.278. The van der Waals surface area contributed by atoms with E-state index in [4.69, 9.17) is 13.6 Å². The van der Waals surface area contributed by atoms with Gasteiger partial charge in [0.15, 0.2) is 6.61 Å². The number of benzene rings is 2. The summed E-state index contributed by atoms with van der Waals surface area (Å²) in [7, 11) is 1.26. The normalized spacial score (nSPS) is 10.9. The van der Waals surface area contributed by atoms with E-state index >= 15 is 0 Å². The molecule has 0 aliphatic rings. The molecule has 7 nitrogen and oxygen atoms in total. The lowest BCUT2D eigenvalue weighted by atomic mass is 10.0. The van der Waals surface area contributed by atoms with Gasteiger partial charge in [-0.1, -0.05) is 18.2 Å². The molecule has 4 rings (SSSR count). The number of carbonyl (C=O) groups excluding carboxylic acids is 1. The molecular weight excluding hydrogens is 364 g/mol. The van der Waals surface area contributed by atoms with Crippen molar-refractivity contribution in [1.29, 1.82) is 0 Å². The molecule has 0 N–H and O–H groups in total. The van der Waals surface area contributed by atoms with Gasteiger partial charge in [-0.15, -0.1) is 0 Å². The van der Waals surface area contributed by atoms with Gasteiger partial charge >= 0.3 is 17.2 Å². The Morgan fingerprint density at radius 2 is 1.75 bits per heavy atom. The molecule has 0 atom stereocenters. The number of carbonyl (C=O) groups is 1. The zero-order chi connectivity index (χ0) is 19.7. The summed E-state index contributed by atoms with van der Waals surface area (Å²) in [5, 5.41) is 1.27. The molecule has 2 aromatic heterocycles. The van der Waals surface area contributed by atoms with Crippen LogP contribution in [0.3, 0.4) is 0 Å². The molecule has 2 heterocycles. The molecule has 0 spiro atoms. The molecule has 140 valence electrons. The topological polar surface area (TPSA) is 96.0 Å². The van der Waals surface area contributed by atoms with Crippen LogP contribution in [0.5, 0.6) is 5.75 Å². The zero-order valence-electron chi connectivity index (χ0n) is 14.8. The van der Waals surface area contributed by atoms with Gasteiger partial charge < -0.3 is 18.3 Å². The lowest BCUT2D eigenvalue weighted by Crippen LogP contribution is -2.12. The molecule has 0 unspecified atom stereocenters. The summed E-state index contributed by atoms with van der Waals surface area (Å²) in [6.07, 6.45) is 0. The van der Waals surface area contributed by atoms with Gasteiger partial charge in [0.2, 0.25) is 0 Å². The van der Waals surface area contributed by atoms with E-state index in [-0.39, 0.29) is 17.8 Å². The first-order valence-corrected chi connectivity index (χ1v) is 8.36. The number of hydrogen-bond donors (Lipinski definition) is 0. The van der Waals surface area contributed by atoms with E-state index in [2.05, 4.69) is 4.74 Å². The zero-order valence-corrected chi connectivity index (χ0v) is 14.8. The number of rotatable bonds is 4.